The minimum Gasteiger partial charge on any atom is -0.504 e. The van der Waals surface area contributed by atoms with Gasteiger partial charge in [-0.2, -0.15) is 0 Å². The molecular weight excluding hydrogens is 376 g/mol. The number of ether oxygens (including phenoxy) is 2. The molecular formula is C26H46O4. The van der Waals surface area contributed by atoms with Gasteiger partial charge in [0.25, 0.3) is 0 Å². The molecule has 1 aromatic carbocycles. The predicted molar refractivity (Wildman–Crippen MR) is 126 cm³/mol. The molecule has 0 aliphatic heterocycles. The molecule has 0 radical (unpaired) electrons. The molecule has 0 fully saturated rings. The van der Waals surface area contributed by atoms with Gasteiger partial charge < -0.3 is 19.7 Å². The molecule has 0 saturated carbocycles. The maximum Gasteiger partial charge on any atom is 0.207 e. The Morgan fingerprint density at radius 3 is 1.40 bits per heavy atom. The van der Waals surface area contributed by atoms with Crippen molar-refractivity contribution in [1.82, 2.24) is 0 Å². The average Bonchev–Trinajstić information content (AvgIpc) is 2.75. The molecule has 1 aromatic rings. The minimum absolute atomic E-state index is 0.0563. The van der Waals surface area contributed by atoms with Crippen molar-refractivity contribution in [3.05, 3.63) is 11.1 Å². The van der Waals surface area contributed by atoms with E-state index >= 15 is 0 Å². The lowest BCUT2D eigenvalue weighted by atomic mass is 9.99. The minimum atomic E-state index is -0.173. The summed E-state index contributed by atoms with van der Waals surface area (Å²) in [7, 11) is 0. The first-order valence-corrected chi connectivity index (χ1v) is 12.5. The number of unbranched alkanes of at least 4 members (excludes halogenated alkanes) is 10. The monoisotopic (exact) mass is 422 g/mol. The molecule has 174 valence electrons. The number of rotatable bonds is 18. The Morgan fingerprint density at radius 2 is 0.933 bits per heavy atom. The van der Waals surface area contributed by atoms with Gasteiger partial charge in [-0.15, -0.1) is 0 Å². The zero-order valence-corrected chi connectivity index (χ0v) is 20.0. The molecule has 0 aliphatic rings. The average molecular weight is 423 g/mol. The maximum absolute atomic E-state index is 10.6. The van der Waals surface area contributed by atoms with Crippen molar-refractivity contribution in [3.63, 3.8) is 0 Å². The van der Waals surface area contributed by atoms with Gasteiger partial charge in [-0.25, -0.2) is 0 Å². The molecule has 30 heavy (non-hydrogen) atoms. The Balaban J connectivity index is 2.79. The van der Waals surface area contributed by atoms with E-state index in [1.54, 1.807) is 0 Å². The van der Waals surface area contributed by atoms with E-state index in [2.05, 4.69) is 20.8 Å². The van der Waals surface area contributed by atoms with E-state index < -0.39 is 0 Å². The Hall–Kier alpha value is -1.58. The van der Waals surface area contributed by atoms with E-state index in [-0.39, 0.29) is 11.5 Å². The van der Waals surface area contributed by atoms with Crippen molar-refractivity contribution in [2.75, 3.05) is 13.2 Å². The van der Waals surface area contributed by atoms with Crippen LogP contribution in [0.25, 0.3) is 0 Å². The first kappa shape index (κ1) is 26.5. The maximum atomic E-state index is 10.6. The zero-order valence-electron chi connectivity index (χ0n) is 20.0. The first-order chi connectivity index (χ1) is 14.6. The van der Waals surface area contributed by atoms with Gasteiger partial charge in [0.05, 0.1) is 13.2 Å². The van der Waals surface area contributed by atoms with Crippen molar-refractivity contribution < 1.29 is 19.7 Å². The Morgan fingerprint density at radius 1 is 0.500 bits per heavy atom. The summed E-state index contributed by atoms with van der Waals surface area (Å²) >= 11 is 0. The molecule has 0 amide bonds. The summed E-state index contributed by atoms with van der Waals surface area (Å²) in [4.78, 5) is 0. The third kappa shape index (κ3) is 8.65. The van der Waals surface area contributed by atoms with Crippen LogP contribution in [0.5, 0.6) is 23.0 Å². The normalized spacial score (nSPS) is 11.1. The number of aromatic hydroxyl groups is 2. The number of hydrogen-bond donors (Lipinski definition) is 2. The Labute approximate surface area is 185 Å². The van der Waals surface area contributed by atoms with Crippen LogP contribution >= 0.6 is 0 Å². The van der Waals surface area contributed by atoms with Crippen LogP contribution in [-0.4, -0.2) is 23.4 Å². The SMILES string of the molecule is CCCCCCCCOc1c(O)c(O)c(CC)c(CC)c1OCCCCCCCC. The number of hydrogen-bond acceptors (Lipinski definition) is 4. The standard InChI is InChI=1S/C26H46O4/c1-5-9-11-13-15-17-19-29-25-22(8-4)21(7-3)23(27)24(28)26(25)30-20-18-16-14-12-10-6-2/h27-28H,5-20H2,1-4H3. The van der Waals surface area contributed by atoms with Gasteiger partial charge in [0, 0.05) is 11.1 Å². The second kappa shape index (κ2) is 16.2. The smallest absolute Gasteiger partial charge is 0.207 e. The molecule has 4 heteroatoms. The lowest BCUT2D eigenvalue weighted by Crippen LogP contribution is -2.07. The summed E-state index contributed by atoms with van der Waals surface area (Å²) in [6.07, 6.45) is 15.7. The number of phenolic OH excluding ortho intramolecular Hbond substituents is 2. The van der Waals surface area contributed by atoms with Gasteiger partial charge in [0.2, 0.25) is 11.5 Å². The van der Waals surface area contributed by atoms with Crippen LogP contribution in [-0.2, 0) is 12.8 Å². The Kier molecular flexibility index (Phi) is 14.2. The van der Waals surface area contributed by atoms with Gasteiger partial charge in [-0.3, -0.25) is 0 Å². The summed E-state index contributed by atoms with van der Waals surface area (Å²) in [5, 5.41) is 21.1. The molecule has 0 unspecified atom stereocenters. The van der Waals surface area contributed by atoms with Crippen LogP contribution in [0.2, 0.25) is 0 Å². The molecule has 0 heterocycles. The van der Waals surface area contributed by atoms with Gasteiger partial charge in [0.15, 0.2) is 11.5 Å². The highest BCUT2D eigenvalue weighted by Crippen LogP contribution is 2.49. The van der Waals surface area contributed by atoms with E-state index in [1.165, 1.54) is 51.4 Å². The fourth-order valence-corrected chi connectivity index (χ4v) is 3.93. The van der Waals surface area contributed by atoms with Crippen molar-refractivity contribution in [2.24, 2.45) is 0 Å². The van der Waals surface area contributed by atoms with Crippen LogP contribution in [0.3, 0.4) is 0 Å². The molecule has 0 atom stereocenters. The fraction of sp³-hybridized carbons (Fsp3) is 0.769. The molecule has 4 nitrogen and oxygen atoms in total. The zero-order chi connectivity index (χ0) is 22.2. The van der Waals surface area contributed by atoms with Crippen molar-refractivity contribution in [3.8, 4) is 23.0 Å². The van der Waals surface area contributed by atoms with E-state index in [9.17, 15) is 10.2 Å². The first-order valence-electron chi connectivity index (χ1n) is 12.5. The fourth-order valence-electron chi connectivity index (χ4n) is 3.93. The highest BCUT2D eigenvalue weighted by Gasteiger charge is 2.24. The second-order valence-electron chi connectivity index (χ2n) is 8.25. The molecule has 0 bridgehead atoms. The van der Waals surface area contributed by atoms with Crippen molar-refractivity contribution in [2.45, 2.75) is 118 Å². The third-order valence-corrected chi connectivity index (χ3v) is 5.77. The third-order valence-electron chi connectivity index (χ3n) is 5.77. The number of benzene rings is 1. The van der Waals surface area contributed by atoms with E-state index in [4.69, 9.17) is 9.47 Å². The molecule has 0 aliphatic carbocycles. The molecule has 0 spiro atoms. The van der Waals surface area contributed by atoms with Gasteiger partial charge >= 0.3 is 0 Å². The van der Waals surface area contributed by atoms with Crippen LogP contribution in [0, 0.1) is 0 Å². The quantitative estimate of drug-likeness (QED) is 0.188. The van der Waals surface area contributed by atoms with Gasteiger partial charge in [-0.1, -0.05) is 91.9 Å². The summed E-state index contributed by atoms with van der Waals surface area (Å²) in [5.41, 5.74) is 1.72. The molecule has 0 aromatic heterocycles. The van der Waals surface area contributed by atoms with Crippen LogP contribution in [0.4, 0.5) is 0 Å². The highest BCUT2D eigenvalue weighted by atomic mass is 16.5. The summed E-state index contributed by atoms with van der Waals surface area (Å²) in [6, 6.07) is 0. The van der Waals surface area contributed by atoms with Crippen LogP contribution in [0.15, 0.2) is 0 Å². The van der Waals surface area contributed by atoms with E-state index in [0.29, 0.717) is 31.1 Å². The predicted octanol–water partition coefficient (Wildman–Crippen LogP) is 7.70. The van der Waals surface area contributed by atoms with Crippen LogP contribution in [0.1, 0.15) is 116 Å². The second-order valence-corrected chi connectivity index (χ2v) is 8.25. The van der Waals surface area contributed by atoms with Crippen LogP contribution < -0.4 is 9.47 Å². The summed E-state index contributed by atoms with van der Waals surface area (Å²) in [6.45, 7) is 9.63. The van der Waals surface area contributed by atoms with Crippen molar-refractivity contribution in [1.29, 1.82) is 0 Å². The summed E-state index contributed by atoms with van der Waals surface area (Å²) in [5.74, 6) is 0.720. The number of phenols is 2. The Bertz CT molecular complexity index is 583. The lowest BCUT2D eigenvalue weighted by Gasteiger charge is -2.21. The van der Waals surface area contributed by atoms with Gasteiger partial charge in [0.1, 0.15) is 0 Å². The highest BCUT2D eigenvalue weighted by molar-refractivity contribution is 5.66. The van der Waals surface area contributed by atoms with Gasteiger partial charge in [-0.05, 0) is 25.7 Å². The summed E-state index contributed by atoms with van der Waals surface area (Å²) < 4.78 is 12.1. The van der Waals surface area contributed by atoms with E-state index in [1.807, 2.05) is 6.92 Å². The lowest BCUT2D eigenvalue weighted by molar-refractivity contribution is 0.243. The topological polar surface area (TPSA) is 58.9 Å². The van der Waals surface area contributed by atoms with E-state index in [0.717, 1.165) is 43.2 Å². The van der Waals surface area contributed by atoms with Crippen molar-refractivity contribution >= 4 is 0 Å². The molecule has 0 saturated heterocycles. The molecule has 2 N–H and O–H groups in total. The largest absolute Gasteiger partial charge is 0.504 e. The molecule has 1 rings (SSSR count).